The highest BCUT2D eigenvalue weighted by Gasteiger charge is 2.13. The fraction of sp³-hybridized carbons (Fsp3) is 0.308. The average Bonchev–Trinajstić information content (AvgIpc) is 2.36. The number of benzene rings is 1. The van der Waals surface area contributed by atoms with Crippen LogP contribution >= 0.6 is 0 Å². The SMILES string of the molecule is Cc1ccc2[nH]c(=O)c(CNS(=O)(=O)N(C)C)cc2c1. The van der Waals surface area contributed by atoms with E-state index in [1.165, 1.54) is 14.1 Å². The first kappa shape index (κ1) is 14.7. The molecule has 0 saturated carbocycles. The molecule has 0 amide bonds. The van der Waals surface area contributed by atoms with Gasteiger partial charge in [-0.05, 0) is 30.5 Å². The fourth-order valence-electron chi connectivity index (χ4n) is 1.80. The van der Waals surface area contributed by atoms with Crippen molar-refractivity contribution in [3.05, 3.63) is 45.7 Å². The zero-order chi connectivity index (χ0) is 14.9. The molecule has 0 atom stereocenters. The molecule has 6 nitrogen and oxygen atoms in total. The first-order valence-electron chi connectivity index (χ1n) is 6.09. The normalized spacial score (nSPS) is 12.2. The largest absolute Gasteiger partial charge is 0.322 e. The van der Waals surface area contributed by atoms with Gasteiger partial charge in [0.1, 0.15) is 0 Å². The molecule has 108 valence electrons. The topological polar surface area (TPSA) is 82.3 Å². The van der Waals surface area contributed by atoms with Gasteiger partial charge in [-0.25, -0.2) is 0 Å². The van der Waals surface area contributed by atoms with E-state index in [4.69, 9.17) is 0 Å². The lowest BCUT2D eigenvalue weighted by molar-refractivity contribution is 0.505. The standard InChI is InChI=1S/C13H17N3O3S/c1-9-4-5-12-10(6-9)7-11(13(17)15-12)8-14-20(18,19)16(2)3/h4-7,14H,8H2,1-3H3,(H,15,17). The Morgan fingerprint density at radius 3 is 2.60 bits per heavy atom. The Hall–Kier alpha value is -1.70. The summed E-state index contributed by atoms with van der Waals surface area (Å²) in [5.41, 5.74) is 1.90. The van der Waals surface area contributed by atoms with Crippen LogP contribution in [0, 0.1) is 6.92 Å². The van der Waals surface area contributed by atoms with E-state index < -0.39 is 10.2 Å². The third-order valence-corrected chi connectivity index (χ3v) is 4.47. The van der Waals surface area contributed by atoms with E-state index in [2.05, 4.69) is 9.71 Å². The Balaban J connectivity index is 2.35. The molecule has 7 heteroatoms. The van der Waals surface area contributed by atoms with Gasteiger partial charge in [0.05, 0.1) is 0 Å². The van der Waals surface area contributed by atoms with Crippen molar-refractivity contribution in [3.8, 4) is 0 Å². The highest BCUT2D eigenvalue weighted by molar-refractivity contribution is 7.87. The monoisotopic (exact) mass is 295 g/mol. The number of H-pyrrole nitrogens is 1. The zero-order valence-electron chi connectivity index (χ0n) is 11.6. The molecule has 2 N–H and O–H groups in total. The highest BCUT2D eigenvalue weighted by atomic mass is 32.2. The minimum Gasteiger partial charge on any atom is -0.322 e. The molecule has 1 aromatic carbocycles. The fourth-order valence-corrected chi connectivity index (χ4v) is 2.40. The minimum atomic E-state index is -3.54. The summed E-state index contributed by atoms with van der Waals surface area (Å²) in [6, 6.07) is 7.39. The number of aryl methyl sites for hydroxylation is 1. The predicted molar refractivity (Wildman–Crippen MR) is 78.8 cm³/mol. The molecule has 1 heterocycles. The second-order valence-electron chi connectivity index (χ2n) is 4.82. The van der Waals surface area contributed by atoms with Crippen LogP contribution < -0.4 is 10.3 Å². The van der Waals surface area contributed by atoms with E-state index in [0.29, 0.717) is 5.56 Å². The maximum atomic E-state index is 11.9. The molecule has 0 aliphatic heterocycles. The summed E-state index contributed by atoms with van der Waals surface area (Å²) in [6.07, 6.45) is 0. The lowest BCUT2D eigenvalue weighted by atomic mass is 10.1. The molecular weight excluding hydrogens is 278 g/mol. The van der Waals surface area contributed by atoms with Crippen molar-refractivity contribution in [2.24, 2.45) is 0 Å². The van der Waals surface area contributed by atoms with Crippen LogP contribution in [-0.2, 0) is 16.8 Å². The van der Waals surface area contributed by atoms with Crippen molar-refractivity contribution in [2.75, 3.05) is 14.1 Å². The summed E-state index contributed by atoms with van der Waals surface area (Å²) in [5, 5.41) is 0.878. The molecule has 0 aliphatic carbocycles. The minimum absolute atomic E-state index is 0.0419. The van der Waals surface area contributed by atoms with E-state index in [0.717, 1.165) is 20.8 Å². The van der Waals surface area contributed by atoms with Crippen molar-refractivity contribution in [2.45, 2.75) is 13.5 Å². The number of aromatic amines is 1. The number of rotatable bonds is 4. The van der Waals surface area contributed by atoms with Gasteiger partial charge in [0.15, 0.2) is 0 Å². The van der Waals surface area contributed by atoms with Gasteiger partial charge in [-0.1, -0.05) is 11.6 Å². The Kier molecular flexibility index (Phi) is 3.94. The smallest absolute Gasteiger partial charge is 0.279 e. The van der Waals surface area contributed by atoms with Crippen LogP contribution in [0.15, 0.2) is 29.1 Å². The summed E-state index contributed by atoms with van der Waals surface area (Å²) in [7, 11) is -0.690. The van der Waals surface area contributed by atoms with E-state index in [9.17, 15) is 13.2 Å². The van der Waals surface area contributed by atoms with Crippen molar-refractivity contribution >= 4 is 21.1 Å². The predicted octanol–water partition coefficient (Wildman–Crippen LogP) is 0.733. The Bertz CT molecular complexity index is 794. The van der Waals surface area contributed by atoms with Crippen LogP contribution in [-0.4, -0.2) is 31.8 Å². The Morgan fingerprint density at radius 2 is 1.95 bits per heavy atom. The molecule has 2 rings (SSSR count). The number of hydrogen-bond donors (Lipinski definition) is 2. The van der Waals surface area contributed by atoms with Gasteiger partial charge in [-0.2, -0.15) is 17.4 Å². The molecule has 20 heavy (non-hydrogen) atoms. The van der Waals surface area contributed by atoms with Crippen LogP contribution in [0.5, 0.6) is 0 Å². The molecule has 0 aliphatic rings. The summed E-state index contributed by atoms with van der Waals surface area (Å²) < 4.78 is 26.7. The van der Waals surface area contributed by atoms with Gasteiger partial charge >= 0.3 is 0 Å². The molecule has 0 fully saturated rings. The van der Waals surface area contributed by atoms with E-state index >= 15 is 0 Å². The summed E-state index contributed by atoms with van der Waals surface area (Å²) in [6.45, 7) is 1.92. The van der Waals surface area contributed by atoms with Gasteiger partial charge in [0.25, 0.3) is 15.8 Å². The second kappa shape index (κ2) is 5.35. The van der Waals surface area contributed by atoms with E-state index in [1.807, 2.05) is 25.1 Å². The number of nitrogens with one attached hydrogen (secondary N) is 2. The zero-order valence-corrected chi connectivity index (χ0v) is 12.4. The lowest BCUT2D eigenvalue weighted by Crippen LogP contribution is -2.36. The van der Waals surface area contributed by atoms with Crippen molar-refractivity contribution in [3.63, 3.8) is 0 Å². The first-order valence-corrected chi connectivity index (χ1v) is 7.53. The first-order chi connectivity index (χ1) is 9.29. The summed E-state index contributed by atoms with van der Waals surface area (Å²) in [5.74, 6) is 0. The van der Waals surface area contributed by atoms with Crippen LogP contribution in [0.4, 0.5) is 0 Å². The Morgan fingerprint density at radius 1 is 1.25 bits per heavy atom. The lowest BCUT2D eigenvalue weighted by Gasteiger charge is -2.12. The van der Waals surface area contributed by atoms with Gasteiger partial charge in [-0.3, -0.25) is 4.79 Å². The Labute approximate surface area is 117 Å². The summed E-state index contributed by atoms with van der Waals surface area (Å²) in [4.78, 5) is 14.6. The van der Waals surface area contributed by atoms with Gasteiger partial charge in [-0.15, -0.1) is 0 Å². The second-order valence-corrected chi connectivity index (χ2v) is 6.79. The molecule has 0 radical (unpaired) electrons. The van der Waals surface area contributed by atoms with E-state index in [-0.39, 0.29) is 12.1 Å². The van der Waals surface area contributed by atoms with Gasteiger partial charge < -0.3 is 4.98 Å². The van der Waals surface area contributed by atoms with Crippen molar-refractivity contribution < 1.29 is 8.42 Å². The molecule has 0 spiro atoms. The quantitative estimate of drug-likeness (QED) is 0.872. The molecular formula is C13H17N3O3S. The van der Waals surface area contributed by atoms with Crippen molar-refractivity contribution in [1.82, 2.24) is 14.0 Å². The van der Waals surface area contributed by atoms with Gasteiger partial charge in [0.2, 0.25) is 0 Å². The number of fused-ring (bicyclic) bond motifs is 1. The molecule has 1 aromatic heterocycles. The number of pyridine rings is 1. The number of aromatic nitrogens is 1. The highest BCUT2D eigenvalue weighted by Crippen LogP contribution is 2.13. The van der Waals surface area contributed by atoms with Crippen LogP contribution in [0.1, 0.15) is 11.1 Å². The summed E-state index contributed by atoms with van der Waals surface area (Å²) >= 11 is 0. The van der Waals surface area contributed by atoms with Crippen molar-refractivity contribution in [1.29, 1.82) is 0 Å². The van der Waals surface area contributed by atoms with Crippen LogP contribution in [0.2, 0.25) is 0 Å². The molecule has 0 bridgehead atoms. The average molecular weight is 295 g/mol. The van der Waals surface area contributed by atoms with E-state index in [1.54, 1.807) is 6.07 Å². The maximum Gasteiger partial charge on any atom is 0.279 e. The number of hydrogen-bond acceptors (Lipinski definition) is 3. The third kappa shape index (κ3) is 3.06. The van der Waals surface area contributed by atoms with Gasteiger partial charge in [0, 0.05) is 31.7 Å². The third-order valence-electron chi connectivity index (χ3n) is 3.00. The molecule has 2 aromatic rings. The molecule has 0 unspecified atom stereocenters. The maximum absolute atomic E-state index is 11.9. The number of nitrogens with zero attached hydrogens (tertiary/aromatic N) is 1. The van der Waals surface area contributed by atoms with Crippen LogP contribution in [0.25, 0.3) is 10.9 Å². The molecule has 0 saturated heterocycles. The van der Waals surface area contributed by atoms with Crippen LogP contribution in [0.3, 0.4) is 0 Å².